The lowest BCUT2D eigenvalue weighted by Gasteiger charge is -2.24. The van der Waals surface area contributed by atoms with Crippen LogP contribution in [0.5, 0.6) is 0 Å². The molecule has 1 saturated carbocycles. The molecule has 1 unspecified atom stereocenters. The Bertz CT molecular complexity index is 301. The van der Waals surface area contributed by atoms with E-state index in [0.717, 1.165) is 25.8 Å². The average molecular weight is 256 g/mol. The van der Waals surface area contributed by atoms with Gasteiger partial charge in [-0.25, -0.2) is 4.79 Å². The van der Waals surface area contributed by atoms with E-state index in [9.17, 15) is 9.59 Å². The van der Waals surface area contributed by atoms with Gasteiger partial charge in [0.25, 0.3) is 0 Å². The SMILES string of the molecule is CC(C)CCN(C(=O)NCC(C)C(=O)O)C1CC1. The van der Waals surface area contributed by atoms with E-state index in [1.165, 1.54) is 0 Å². The third-order valence-electron chi connectivity index (χ3n) is 3.18. The van der Waals surface area contributed by atoms with Gasteiger partial charge < -0.3 is 15.3 Å². The molecule has 0 bridgehead atoms. The van der Waals surface area contributed by atoms with E-state index in [1.807, 2.05) is 4.90 Å². The number of carbonyl (C=O) groups is 2. The molecule has 0 heterocycles. The molecule has 1 fully saturated rings. The van der Waals surface area contributed by atoms with Gasteiger partial charge in [0.1, 0.15) is 0 Å². The van der Waals surface area contributed by atoms with Crippen LogP contribution >= 0.6 is 0 Å². The number of rotatable bonds is 7. The minimum absolute atomic E-state index is 0.119. The van der Waals surface area contributed by atoms with Crippen molar-refractivity contribution in [1.82, 2.24) is 10.2 Å². The van der Waals surface area contributed by atoms with Crippen molar-refractivity contribution < 1.29 is 14.7 Å². The van der Waals surface area contributed by atoms with Crippen LogP contribution in [0.2, 0.25) is 0 Å². The van der Waals surface area contributed by atoms with Gasteiger partial charge in [-0.2, -0.15) is 0 Å². The number of urea groups is 1. The van der Waals surface area contributed by atoms with E-state index in [-0.39, 0.29) is 12.6 Å². The maximum absolute atomic E-state index is 12.0. The monoisotopic (exact) mass is 256 g/mol. The number of carboxylic acid groups (broad SMARTS) is 1. The zero-order chi connectivity index (χ0) is 13.7. The first-order valence-electron chi connectivity index (χ1n) is 6.69. The molecule has 0 radical (unpaired) electrons. The van der Waals surface area contributed by atoms with Crippen molar-refractivity contribution in [3.63, 3.8) is 0 Å². The molecule has 2 amide bonds. The highest BCUT2D eigenvalue weighted by molar-refractivity contribution is 5.76. The minimum atomic E-state index is -0.879. The summed E-state index contributed by atoms with van der Waals surface area (Å²) in [5.41, 5.74) is 0. The van der Waals surface area contributed by atoms with Gasteiger partial charge in [-0.15, -0.1) is 0 Å². The van der Waals surface area contributed by atoms with Crippen molar-refractivity contribution >= 4 is 12.0 Å². The number of nitrogens with zero attached hydrogens (tertiary/aromatic N) is 1. The Morgan fingerprint density at radius 3 is 2.39 bits per heavy atom. The third-order valence-corrected chi connectivity index (χ3v) is 3.18. The highest BCUT2D eigenvalue weighted by Crippen LogP contribution is 2.27. The molecule has 2 N–H and O–H groups in total. The topological polar surface area (TPSA) is 69.6 Å². The summed E-state index contributed by atoms with van der Waals surface area (Å²) in [6.45, 7) is 6.82. The summed E-state index contributed by atoms with van der Waals surface area (Å²) in [5.74, 6) is -0.854. The second kappa shape index (κ2) is 6.61. The number of aliphatic carboxylic acids is 1. The van der Waals surface area contributed by atoms with Crippen molar-refractivity contribution in [3.05, 3.63) is 0 Å². The molecule has 104 valence electrons. The van der Waals surface area contributed by atoms with Gasteiger partial charge in [0.05, 0.1) is 5.92 Å². The normalized spacial score (nSPS) is 16.4. The molecule has 1 aliphatic rings. The van der Waals surface area contributed by atoms with Gasteiger partial charge in [-0.05, 0) is 25.2 Å². The first-order valence-corrected chi connectivity index (χ1v) is 6.69. The van der Waals surface area contributed by atoms with Gasteiger partial charge in [0, 0.05) is 19.1 Å². The van der Waals surface area contributed by atoms with Gasteiger partial charge in [-0.3, -0.25) is 4.79 Å². The smallest absolute Gasteiger partial charge is 0.317 e. The second-order valence-corrected chi connectivity index (χ2v) is 5.53. The molecular formula is C13H24N2O3. The molecular weight excluding hydrogens is 232 g/mol. The predicted octanol–water partition coefficient (Wildman–Crippen LogP) is 1.93. The Kier molecular flexibility index (Phi) is 5.44. The van der Waals surface area contributed by atoms with Crippen LogP contribution in [0.25, 0.3) is 0 Å². The van der Waals surface area contributed by atoms with Crippen LogP contribution in [0, 0.1) is 11.8 Å². The maximum atomic E-state index is 12.0. The lowest BCUT2D eigenvalue weighted by atomic mass is 10.1. The molecule has 5 heteroatoms. The van der Waals surface area contributed by atoms with Gasteiger partial charge in [0.2, 0.25) is 0 Å². The number of nitrogens with one attached hydrogen (secondary N) is 1. The van der Waals surface area contributed by atoms with Crippen LogP contribution in [-0.2, 0) is 4.79 Å². The molecule has 0 aromatic rings. The summed E-state index contributed by atoms with van der Waals surface area (Å²) in [6.07, 6.45) is 3.12. The third kappa shape index (κ3) is 4.94. The van der Waals surface area contributed by atoms with E-state index in [4.69, 9.17) is 5.11 Å². The lowest BCUT2D eigenvalue weighted by Crippen LogP contribution is -2.44. The zero-order valence-electron chi connectivity index (χ0n) is 11.5. The Hall–Kier alpha value is -1.26. The highest BCUT2D eigenvalue weighted by Gasteiger charge is 2.32. The molecule has 18 heavy (non-hydrogen) atoms. The van der Waals surface area contributed by atoms with Crippen LogP contribution in [-0.4, -0.2) is 41.1 Å². The van der Waals surface area contributed by atoms with Crippen molar-refractivity contribution in [2.45, 2.75) is 46.1 Å². The summed E-state index contributed by atoms with van der Waals surface area (Å²) < 4.78 is 0. The van der Waals surface area contributed by atoms with E-state index < -0.39 is 11.9 Å². The largest absolute Gasteiger partial charge is 0.481 e. The Balaban J connectivity index is 2.37. The van der Waals surface area contributed by atoms with Crippen molar-refractivity contribution in [2.75, 3.05) is 13.1 Å². The Morgan fingerprint density at radius 2 is 1.94 bits per heavy atom. The first-order chi connectivity index (χ1) is 8.41. The minimum Gasteiger partial charge on any atom is -0.481 e. The van der Waals surface area contributed by atoms with Crippen LogP contribution in [0.15, 0.2) is 0 Å². The lowest BCUT2D eigenvalue weighted by molar-refractivity contribution is -0.140. The molecule has 0 saturated heterocycles. The number of amides is 2. The highest BCUT2D eigenvalue weighted by atomic mass is 16.4. The Labute approximate surface area is 109 Å². The second-order valence-electron chi connectivity index (χ2n) is 5.53. The summed E-state index contributed by atoms with van der Waals surface area (Å²) >= 11 is 0. The van der Waals surface area contributed by atoms with Crippen LogP contribution in [0.4, 0.5) is 4.79 Å². The van der Waals surface area contributed by atoms with E-state index in [0.29, 0.717) is 12.0 Å². The first kappa shape index (κ1) is 14.8. The van der Waals surface area contributed by atoms with Crippen molar-refractivity contribution in [1.29, 1.82) is 0 Å². The fourth-order valence-electron chi connectivity index (χ4n) is 1.66. The molecule has 0 aromatic carbocycles. The number of carboxylic acids is 1. The summed E-state index contributed by atoms with van der Waals surface area (Å²) in [6, 6.07) is 0.245. The number of hydrogen-bond donors (Lipinski definition) is 2. The maximum Gasteiger partial charge on any atom is 0.317 e. The quantitative estimate of drug-likeness (QED) is 0.731. The number of carbonyl (C=O) groups excluding carboxylic acids is 1. The standard InChI is InChI=1S/C13H24N2O3/c1-9(2)6-7-15(11-4-5-11)13(18)14-8-10(3)12(16)17/h9-11H,4-8H2,1-3H3,(H,14,18)(H,16,17). The zero-order valence-corrected chi connectivity index (χ0v) is 11.5. The fourth-order valence-corrected chi connectivity index (χ4v) is 1.66. The van der Waals surface area contributed by atoms with Gasteiger partial charge >= 0.3 is 12.0 Å². The van der Waals surface area contributed by atoms with Crippen LogP contribution in [0.3, 0.4) is 0 Å². The molecule has 5 nitrogen and oxygen atoms in total. The number of hydrogen-bond acceptors (Lipinski definition) is 2. The molecule has 0 aromatic heterocycles. The van der Waals surface area contributed by atoms with E-state index in [1.54, 1.807) is 6.92 Å². The van der Waals surface area contributed by atoms with Gasteiger partial charge in [0.15, 0.2) is 0 Å². The summed E-state index contributed by atoms with van der Waals surface area (Å²) in [5, 5.41) is 11.5. The van der Waals surface area contributed by atoms with Crippen molar-refractivity contribution in [2.24, 2.45) is 11.8 Å². The van der Waals surface area contributed by atoms with E-state index >= 15 is 0 Å². The fraction of sp³-hybridized carbons (Fsp3) is 0.846. The molecule has 0 spiro atoms. The van der Waals surface area contributed by atoms with E-state index in [2.05, 4.69) is 19.2 Å². The molecule has 0 aliphatic heterocycles. The summed E-state index contributed by atoms with van der Waals surface area (Å²) in [7, 11) is 0. The molecule has 1 atom stereocenters. The molecule has 1 rings (SSSR count). The predicted molar refractivity (Wildman–Crippen MR) is 69.4 cm³/mol. The van der Waals surface area contributed by atoms with Crippen LogP contribution < -0.4 is 5.32 Å². The van der Waals surface area contributed by atoms with Crippen LogP contribution in [0.1, 0.15) is 40.0 Å². The average Bonchev–Trinajstić information content (AvgIpc) is 3.09. The Morgan fingerprint density at radius 1 is 1.33 bits per heavy atom. The summed E-state index contributed by atoms with van der Waals surface area (Å²) in [4.78, 5) is 24.5. The molecule has 1 aliphatic carbocycles. The van der Waals surface area contributed by atoms with Gasteiger partial charge in [-0.1, -0.05) is 20.8 Å². The van der Waals surface area contributed by atoms with Crippen molar-refractivity contribution in [3.8, 4) is 0 Å².